The van der Waals surface area contributed by atoms with Crippen molar-refractivity contribution in [3.63, 3.8) is 0 Å². The molecule has 0 spiro atoms. The minimum absolute atomic E-state index is 0.170. The quantitative estimate of drug-likeness (QED) is 0.326. The number of rotatable bonds is 6. The van der Waals surface area contributed by atoms with E-state index in [9.17, 15) is 4.79 Å². The first-order valence-electron chi connectivity index (χ1n) is 9.31. The number of hydrogen-bond donors (Lipinski definition) is 0. The molecule has 3 aromatic rings. The SMILES string of the molecule is CCOC(=O)C(C)(C)Sc1ccc(-c2ccc(C(C)C)c3ccccc23)s1. The van der Waals surface area contributed by atoms with Gasteiger partial charge in [0.05, 0.1) is 10.8 Å². The average molecular weight is 399 g/mol. The minimum Gasteiger partial charge on any atom is -0.465 e. The molecule has 1 aromatic heterocycles. The molecule has 0 amide bonds. The molecule has 0 fully saturated rings. The van der Waals surface area contributed by atoms with Crippen LogP contribution in [0.3, 0.4) is 0 Å². The largest absolute Gasteiger partial charge is 0.465 e. The summed E-state index contributed by atoms with van der Waals surface area (Å²) in [4.78, 5) is 13.4. The number of benzene rings is 2. The van der Waals surface area contributed by atoms with E-state index in [1.54, 1.807) is 23.1 Å². The molecular weight excluding hydrogens is 372 g/mol. The fourth-order valence-corrected chi connectivity index (χ4v) is 5.78. The van der Waals surface area contributed by atoms with E-state index in [2.05, 4.69) is 62.4 Å². The molecule has 0 radical (unpaired) electrons. The van der Waals surface area contributed by atoms with E-state index in [1.165, 1.54) is 26.8 Å². The summed E-state index contributed by atoms with van der Waals surface area (Å²) < 4.78 is 5.74. The lowest BCUT2D eigenvalue weighted by molar-refractivity contribution is -0.145. The van der Waals surface area contributed by atoms with Gasteiger partial charge in [-0.25, -0.2) is 0 Å². The number of carbonyl (C=O) groups excluding carboxylic acids is 1. The van der Waals surface area contributed by atoms with Crippen molar-refractivity contribution in [1.29, 1.82) is 0 Å². The van der Waals surface area contributed by atoms with Crippen LogP contribution >= 0.6 is 23.1 Å². The highest BCUT2D eigenvalue weighted by atomic mass is 32.2. The van der Waals surface area contributed by atoms with Crippen molar-refractivity contribution in [2.45, 2.75) is 49.5 Å². The van der Waals surface area contributed by atoms with Gasteiger partial charge in [0, 0.05) is 4.88 Å². The molecule has 0 saturated heterocycles. The molecule has 2 nitrogen and oxygen atoms in total. The van der Waals surface area contributed by atoms with Gasteiger partial charge in [0.15, 0.2) is 0 Å². The fraction of sp³-hybridized carbons (Fsp3) is 0.348. The first kappa shape index (κ1) is 20.0. The van der Waals surface area contributed by atoms with E-state index in [4.69, 9.17) is 4.74 Å². The summed E-state index contributed by atoms with van der Waals surface area (Å²) in [5.41, 5.74) is 2.63. The Morgan fingerprint density at radius 1 is 1.07 bits per heavy atom. The molecule has 2 aromatic carbocycles. The smallest absolute Gasteiger partial charge is 0.322 e. The first-order chi connectivity index (χ1) is 12.8. The van der Waals surface area contributed by atoms with Crippen LogP contribution in [-0.4, -0.2) is 17.3 Å². The summed E-state index contributed by atoms with van der Waals surface area (Å²) in [5, 5.41) is 2.60. The standard InChI is InChI=1S/C23H26O2S2/c1-6-25-22(24)23(4,5)27-21-14-13-20(26-21)19-12-11-16(15(2)3)17-9-7-8-10-18(17)19/h7-15H,6H2,1-5H3. The molecule has 4 heteroatoms. The summed E-state index contributed by atoms with van der Waals surface area (Å²) in [6.45, 7) is 10.6. The maximum atomic E-state index is 12.2. The average Bonchev–Trinajstić information content (AvgIpc) is 3.08. The molecule has 1 heterocycles. The van der Waals surface area contributed by atoms with E-state index in [0.29, 0.717) is 12.5 Å². The van der Waals surface area contributed by atoms with Crippen LogP contribution in [0.4, 0.5) is 0 Å². The van der Waals surface area contributed by atoms with Crippen LogP contribution in [-0.2, 0) is 9.53 Å². The number of thiophene rings is 1. The van der Waals surface area contributed by atoms with Gasteiger partial charge in [0.25, 0.3) is 0 Å². The monoisotopic (exact) mass is 398 g/mol. The summed E-state index contributed by atoms with van der Waals surface area (Å²) >= 11 is 3.30. The van der Waals surface area contributed by atoms with E-state index in [0.717, 1.165) is 4.21 Å². The zero-order valence-corrected chi connectivity index (χ0v) is 18.2. The number of hydrogen-bond acceptors (Lipinski definition) is 4. The molecule has 0 saturated carbocycles. The zero-order valence-electron chi connectivity index (χ0n) is 16.5. The van der Waals surface area contributed by atoms with E-state index < -0.39 is 4.75 Å². The van der Waals surface area contributed by atoms with Crippen molar-refractivity contribution in [2.75, 3.05) is 6.61 Å². The summed E-state index contributed by atoms with van der Waals surface area (Å²) in [6.07, 6.45) is 0. The van der Waals surface area contributed by atoms with Crippen LogP contribution in [0.25, 0.3) is 21.2 Å². The highest BCUT2D eigenvalue weighted by Gasteiger charge is 2.31. The predicted molar refractivity (Wildman–Crippen MR) is 118 cm³/mol. The molecule has 0 aliphatic heterocycles. The van der Waals surface area contributed by atoms with Gasteiger partial charge in [-0.2, -0.15) is 0 Å². The summed E-state index contributed by atoms with van der Waals surface area (Å²) in [6, 6.07) is 17.4. The molecular formula is C23H26O2S2. The van der Waals surface area contributed by atoms with Crippen LogP contribution in [0.2, 0.25) is 0 Å². The number of fused-ring (bicyclic) bond motifs is 1. The third-order valence-corrected chi connectivity index (χ3v) is 6.98. The normalized spacial score (nSPS) is 11.9. The minimum atomic E-state index is -0.596. The van der Waals surface area contributed by atoms with Crippen LogP contribution in [0, 0.1) is 0 Å². The van der Waals surface area contributed by atoms with Crippen molar-refractivity contribution in [3.05, 3.63) is 54.1 Å². The lowest BCUT2D eigenvalue weighted by Gasteiger charge is -2.20. The van der Waals surface area contributed by atoms with Gasteiger partial charge in [-0.1, -0.05) is 62.0 Å². The van der Waals surface area contributed by atoms with E-state index in [1.807, 2.05) is 20.8 Å². The Bertz CT molecular complexity index is 954. The maximum absolute atomic E-state index is 12.2. The topological polar surface area (TPSA) is 26.3 Å². The second-order valence-corrected chi connectivity index (χ2v) is 10.4. The highest BCUT2D eigenvalue weighted by molar-refractivity contribution is 8.03. The van der Waals surface area contributed by atoms with Gasteiger partial charge in [0.2, 0.25) is 0 Å². The number of thioether (sulfide) groups is 1. The lowest BCUT2D eigenvalue weighted by Crippen LogP contribution is -2.29. The molecule has 0 bridgehead atoms. The lowest BCUT2D eigenvalue weighted by atomic mass is 9.93. The Balaban J connectivity index is 1.96. The van der Waals surface area contributed by atoms with Crippen LogP contribution in [0.5, 0.6) is 0 Å². The molecule has 27 heavy (non-hydrogen) atoms. The molecule has 0 aliphatic rings. The first-order valence-corrected chi connectivity index (χ1v) is 10.9. The van der Waals surface area contributed by atoms with Gasteiger partial charge < -0.3 is 4.74 Å². The van der Waals surface area contributed by atoms with Crippen molar-refractivity contribution in [3.8, 4) is 10.4 Å². The second kappa shape index (κ2) is 8.07. The van der Waals surface area contributed by atoms with Gasteiger partial charge in [-0.05, 0) is 60.7 Å². The van der Waals surface area contributed by atoms with Crippen molar-refractivity contribution in [1.82, 2.24) is 0 Å². The second-order valence-electron chi connectivity index (χ2n) is 7.35. The molecule has 142 valence electrons. The molecule has 0 aliphatic carbocycles. The van der Waals surface area contributed by atoms with Gasteiger partial charge in [-0.15, -0.1) is 11.3 Å². The Hall–Kier alpha value is -1.78. The van der Waals surface area contributed by atoms with Gasteiger partial charge >= 0.3 is 5.97 Å². The van der Waals surface area contributed by atoms with Crippen molar-refractivity contribution < 1.29 is 9.53 Å². The number of esters is 1. The van der Waals surface area contributed by atoms with Gasteiger partial charge in [-0.3, -0.25) is 4.79 Å². The summed E-state index contributed by atoms with van der Waals surface area (Å²) in [7, 11) is 0. The molecule has 0 N–H and O–H groups in total. The van der Waals surface area contributed by atoms with E-state index in [-0.39, 0.29) is 5.97 Å². The number of ether oxygens (including phenoxy) is 1. The Labute approximate surface area is 169 Å². The fourth-order valence-electron chi connectivity index (χ4n) is 3.16. The van der Waals surface area contributed by atoms with Crippen LogP contribution < -0.4 is 0 Å². The highest BCUT2D eigenvalue weighted by Crippen LogP contribution is 2.42. The third-order valence-electron chi connectivity index (χ3n) is 4.55. The summed E-state index contributed by atoms with van der Waals surface area (Å²) in [5.74, 6) is 0.320. The maximum Gasteiger partial charge on any atom is 0.322 e. The molecule has 3 rings (SSSR count). The predicted octanol–water partition coefficient (Wildman–Crippen LogP) is 7.13. The van der Waals surface area contributed by atoms with E-state index >= 15 is 0 Å². The molecule has 0 atom stereocenters. The van der Waals surface area contributed by atoms with Crippen molar-refractivity contribution in [2.24, 2.45) is 0 Å². The van der Waals surface area contributed by atoms with Gasteiger partial charge in [0.1, 0.15) is 4.75 Å². The Morgan fingerprint density at radius 3 is 2.44 bits per heavy atom. The Kier molecular flexibility index (Phi) is 5.97. The zero-order chi connectivity index (χ0) is 19.6. The van der Waals surface area contributed by atoms with Crippen molar-refractivity contribution >= 4 is 39.8 Å². The Morgan fingerprint density at radius 2 is 1.78 bits per heavy atom. The third kappa shape index (κ3) is 4.22. The van der Waals surface area contributed by atoms with Crippen LogP contribution in [0.15, 0.2) is 52.7 Å². The van der Waals surface area contributed by atoms with Crippen LogP contribution in [0.1, 0.15) is 46.1 Å². The number of carbonyl (C=O) groups is 1. The molecule has 0 unspecified atom stereocenters.